The van der Waals surface area contributed by atoms with Gasteiger partial charge in [-0.2, -0.15) is 5.10 Å². The number of H-pyrrole nitrogens is 1. The number of fused-ring (bicyclic) bond motifs is 1. The number of amides is 1. The first-order valence-corrected chi connectivity index (χ1v) is 9.06. The molecule has 2 N–H and O–H groups in total. The number of thioether (sulfide) groups is 1. The van der Waals surface area contributed by atoms with Gasteiger partial charge in [-0.15, -0.1) is 11.8 Å². The van der Waals surface area contributed by atoms with E-state index in [1.807, 2.05) is 48.5 Å². The monoisotopic (exact) mass is 351 g/mol. The highest BCUT2D eigenvalue weighted by Crippen LogP contribution is 2.41. The van der Waals surface area contributed by atoms with E-state index in [1.165, 1.54) is 0 Å². The molecule has 0 spiro atoms. The van der Waals surface area contributed by atoms with Gasteiger partial charge in [-0.1, -0.05) is 42.5 Å². The zero-order valence-corrected chi connectivity index (χ0v) is 14.3. The first-order chi connectivity index (χ1) is 12.3. The molecule has 6 heteroatoms. The first-order valence-electron chi connectivity index (χ1n) is 8.01. The van der Waals surface area contributed by atoms with Crippen LogP contribution in [-0.2, 0) is 11.4 Å². The highest BCUT2D eigenvalue weighted by Gasteiger charge is 2.25. The number of nitrogens with one attached hydrogen (secondary N) is 2. The van der Waals surface area contributed by atoms with Crippen LogP contribution in [0.4, 0.5) is 5.82 Å². The average Bonchev–Trinajstić information content (AvgIpc) is 3.03. The molecule has 0 aliphatic carbocycles. The van der Waals surface area contributed by atoms with E-state index in [-0.39, 0.29) is 11.2 Å². The Morgan fingerprint density at radius 3 is 2.92 bits per heavy atom. The van der Waals surface area contributed by atoms with Crippen molar-refractivity contribution in [2.24, 2.45) is 0 Å². The molecule has 3 aromatic rings. The summed E-state index contributed by atoms with van der Waals surface area (Å²) in [4.78, 5) is 11.8. The van der Waals surface area contributed by atoms with E-state index >= 15 is 0 Å². The molecule has 0 radical (unpaired) electrons. The molecule has 2 heterocycles. The second kappa shape index (κ2) is 7.03. The minimum absolute atomic E-state index is 0.0190. The average molecular weight is 351 g/mol. The number of aromatic nitrogens is 2. The Morgan fingerprint density at radius 2 is 2.04 bits per heavy atom. The zero-order valence-electron chi connectivity index (χ0n) is 13.4. The lowest BCUT2D eigenvalue weighted by Crippen LogP contribution is -2.12. The molecule has 2 aromatic carbocycles. The van der Waals surface area contributed by atoms with Crippen molar-refractivity contribution in [3.63, 3.8) is 0 Å². The Balaban J connectivity index is 1.56. The van der Waals surface area contributed by atoms with E-state index in [9.17, 15) is 4.79 Å². The van der Waals surface area contributed by atoms with Crippen molar-refractivity contribution in [1.82, 2.24) is 10.2 Å². The summed E-state index contributed by atoms with van der Waals surface area (Å²) in [6.07, 6.45) is 1.77. The second-order valence-corrected chi connectivity index (χ2v) is 6.88. The van der Waals surface area contributed by atoms with E-state index in [2.05, 4.69) is 21.6 Å². The number of carbonyl (C=O) groups is 1. The molecule has 0 fully saturated rings. The van der Waals surface area contributed by atoms with Crippen LogP contribution in [0.1, 0.15) is 21.9 Å². The molecule has 1 aliphatic rings. The lowest BCUT2D eigenvalue weighted by atomic mass is 10.1. The SMILES string of the molecule is O=C1CS[C@H](c2cccc(OCc3ccccc3)c2)c2cn[nH]c2N1. The number of carbonyl (C=O) groups excluding carboxylic acids is 1. The maximum atomic E-state index is 11.8. The standard InChI is InChI=1S/C19H17N3O2S/c23-17-12-25-18(16-10-20-22-19(16)21-17)14-7-4-8-15(9-14)24-11-13-5-2-1-3-6-13/h1-10,18H,11-12H2,(H2,20,21,22,23)/t18-/m1/s1. The Labute approximate surface area is 149 Å². The van der Waals surface area contributed by atoms with E-state index in [0.717, 1.165) is 22.4 Å². The van der Waals surface area contributed by atoms with Crippen molar-refractivity contribution >= 4 is 23.5 Å². The third kappa shape index (κ3) is 3.53. The van der Waals surface area contributed by atoms with Gasteiger partial charge in [0.2, 0.25) is 5.91 Å². The van der Waals surface area contributed by atoms with Crippen molar-refractivity contribution < 1.29 is 9.53 Å². The van der Waals surface area contributed by atoms with Gasteiger partial charge in [0.05, 0.1) is 17.2 Å². The lowest BCUT2D eigenvalue weighted by Gasteiger charge is -2.15. The van der Waals surface area contributed by atoms with E-state index in [1.54, 1.807) is 18.0 Å². The summed E-state index contributed by atoms with van der Waals surface area (Å²) in [5.74, 6) is 1.88. The van der Waals surface area contributed by atoms with Crippen LogP contribution < -0.4 is 10.1 Å². The quantitative estimate of drug-likeness (QED) is 0.751. The summed E-state index contributed by atoms with van der Waals surface area (Å²) in [5.41, 5.74) is 3.20. The topological polar surface area (TPSA) is 67.0 Å². The first kappa shape index (κ1) is 15.8. The molecule has 4 rings (SSSR count). The molecule has 0 unspecified atom stereocenters. The van der Waals surface area contributed by atoms with Crippen LogP contribution in [0.5, 0.6) is 5.75 Å². The van der Waals surface area contributed by atoms with Crippen LogP contribution >= 0.6 is 11.8 Å². The molecule has 1 aromatic heterocycles. The predicted molar refractivity (Wildman–Crippen MR) is 98.7 cm³/mol. The number of hydrogen-bond acceptors (Lipinski definition) is 4. The number of benzene rings is 2. The maximum absolute atomic E-state index is 11.8. The van der Waals surface area contributed by atoms with Crippen molar-refractivity contribution in [3.8, 4) is 5.75 Å². The molecule has 5 nitrogen and oxygen atoms in total. The summed E-state index contributed by atoms with van der Waals surface area (Å²) in [6, 6.07) is 18.1. The molecular formula is C19H17N3O2S. The smallest absolute Gasteiger partial charge is 0.235 e. The fraction of sp³-hybridized carbons (Fsp3) is 0.158. The summed E-state index contributed by atoms with van der Waals surface area (Å²) < 4.78 is 5.93. The Hall–Kier alpha value is -2.73. The predicted octanol–water partition coefficient (Wildman–Crippen LogP) is 3.76. The van der Waals surface area contributed by atoms with Crippen molar-refractivity contribution in [1.29, 1.82) is 0 Å². The Morgan fingerprint density at radius 1 is 1.16 bits per heavy atom. The minimum atomic E-state index is -0.0190. The van der Waals surface area contributed by atoms with Crippen molar-refractivity contribution in [2.45, 2.75) is 11.9 Å². The third-order valence-corrected chi connectivity index (χ3v) is 5.29. The van der Waals surface area contributed by atoms with Crippen LogP contribution in [0.3, 0.4) is 0 Å². The van der Waals surface area contributed by atoms with Crippen molar-refractivity contribution in [3.05, 3.63) is 77.5 Å². The maximum Gasteiger partial charge on any atom is 0.235 e. The van der Waals surface area contributed by atoms with Gasteiger partial charge in [-0.3, -0.25) is 9.89 Å². The number of anilines is 1. The molecule has 1 amide bonds. The number of hydrogen-bond donors (Lipinski definition) is 2. The molecule has 0 saturated heterocycles. The highest BCUT2D eigenvalue weighted by molar-refractivity contribution is 8.00. The zero-order chi connectivity index (χ0) is 17.1. The van der Waals surface area contributed by atoms with Crippen LogP contribution in [0.2, 0.25) is 0 Å². The molecule has 1 aliphatic heterocycles. The molecular weight excluding hydrogens is 334 g/mol. The van der Waals surface area contributed by atoms with Crippen LogP contribution in [-0.4, -0.2) is 21.9 Å². The number of nitrogens with zero attached hydrogens (tertiary/aromatic N) is 1. The minimum Gasteiger partial charge on any atom is -0.489 e. The van der Waals surface area contributed by atoms with E-state index < -0.39 is 0 Å². The fourth-order valence-corrected chi connectivity index (χ4v) is 3.89. The molecule has 25 heavy (non-hydrogen) atoms. The Bertz CT molecular complexity index is 879. The van der Waals surface area contributed by atoms with Gasteiger partial charge in [-0.25, -0.2) is 0 Å². The molecule has 0 bridgehead atoms. The van der Waals surface area contributed by atoms with E-state index in [4.69, 9.17) is 4.74 Å². The molecule has 1 atom stereocenters. The highest BCUT2D eigenvalue weighted by atomic mass is 32.2. The Kier molecular flexibility index (Phi) is 4.43. The van der Waals surface area contributed by atoms with Crippen LogP contribution in [0.25, 0.3) is 0 Å². The largest absolute Gasteiger partial charge is 0.489 e. The number of rotatable bonds is 4. The second-order valence-electron chi connectivity index (χ2n) is 5.79. The van der Waals surface area contributed by atoms with Gasteiger partial charge >= 0.3 is 0 Å². The van der Waals surface area contributed by atoms with Gasteiger partial charge in [0.1, 0.15) is 18.2 Å². The van der Waals surface area contributed by atoms with Gasteiger partial charge in [0.15, 0.2) is 0 Å². The summed E-state index contributed by atoms with van der Waals surface area (Å²) >= 11 is 1.59. The lowest BCUT2D eigenvalue weighted by molar-refractivity contribution is -0.113. The van der Waals surface area contributed by atoms with Crippen LogP contribution in [0, 0.1) is 0 Å². The molecule has 126 valence electrons. The van der Waals surface area contributed by atoms with Crippen molar-refractivity contribution in [2.75, 3.05) is 11.1 Å². The van der Waals surface area contributed by atoms with Gasteiger partial charge in [0, 0.05) is 5.56 Å². The number of aromatic amines is 1. The summed E-state index contributed by atoms with van der Waals surface area (Å²) in [6.45, 7) is 0.527. The van der Waals surface area contributed by atoms with Gasteiger partial charge < -0.3 is 10.1 Å². The molecule has 0 saturated carbocycles. The third-order valence-electron chi connectivity index (χ3n) is 4.01. The van der Waals surface area contributed by atoms with E-state index in [0.29, 0.717) is 18.2 Å². The summed E-state index contributed by atoms with van der Waals surface area (Å²) in [7, 11) is 0. The number of ether oxygens (including phenoxy) is 1. The van der Waals surface area contributed by atoms with Crippen LogP contribution in [0.15, 0.2) is 60.8 Å². The normalized spacial score (nSPS) is 16.6. The summed E-state index contributed by atoms with van der Waals surface area (Å²) in [5, 5.41) is 9.82. The van der Waals surface area contributed by atoms with Gasteiger partial charge in [-0.05, 0) is 23.3 Å². The fourth-order valence-electron chi connectivity index (χ4n) is 2.80. The van der Waals surface area contributed by atoms with Gasteiger partial charge in [0.25, 0.3) is 0 Å².